The Bertz CT molecular complexity index is 812. The zero-order chi connectivity index (χ0) is 14.3. The number of imidazole rings is 1. The molecular formula is C15H16N4S. The number of H-pyrrole nitrogens is 1. The summed E-state index contributed by atoms with van der Waals surface area (Å²) in [6.45, 7) is 2.02. The molecule has 0 aliphatic rings. The Morgan fingerprint density at radius 3 is 2.55 bits per heavy atom. The molecular weight excluding hydrogens is 268 g/mol. The van der Waals surface area contributed by atoms with E-state index in [4.69, 9.17) is 12.2 Å². The van der Waals surface area contributed by atoms with Gasteiger partial charge in [-0.05, 0) is 55.0 Å². The number of fused-ring (bicyclic) bond motifs is 1. The van der Waals surface area contributed by atoms with Gasteiger partial charge in [-0.3, -0.25) is 4.57 Å². The van der Waals surface area contributed by atoms with Crippen molar-refractivity contribution in [3.05, 3.63) is 46.9 Å². The highest BCUT2D eigenvalue weighted by Crippen LogP contribution is 2.20. The summed E-state index contributed by atoms with van der Waals surface area (Å²) < 4.78 is 2.62. The van der Waals surface area contributed by atoms with Crippen molar-refractivity contribution in [2.75, 3.05) is 19.0 Å². The number of aromatic nitrogens is 3. The minimum Gasteiger partial charge on any atom is -0.378 e. The van der Waals surface area contributed by atoms with Crippen LogP contribution < -0.4 is 4.90 Å². The van der Waals surface area contributed by atoms with E-state index >= 15 is 0 Å². The Morgan fingerprint density at radius 1 is 1.20 bits per heavy atom. The number of nitrogens with zero attached hydrogens (tertiary/aromatic N) is 3. The van der Waals surface area contributed by atoms with Gasteiger partial charge in [-0.1, -0.05) is 0 Å². The maximum atomic E-state index is 5.42. The van der Waals surface area contributed by atoms with Crippen LogP contribution in [0.2, 0.25) is 0 Å². The Labute approximate surface area is 122 Å². The molecule has 0 bridgehead atoms. The second kappa shape index (κ2) is 4.76. The van der Waals surface area contributed by atoms with Crippen LogP contribution in [0.15, 0.2) is 36.5 Å². The summed E-state index contributed by atoms with van der Waals surface area (Å²) in [5.74, 6) is 0. The van der Waals surface area contributed by atoms with E-state index < -0.39 is 0 Å². The van der Waals surface area contributed by atoms with Crippen molar-refractivity contribution in [2.24, 2.45) is 0 Å². The lowest BCUT2D eigenvalue weighted by atomic mass is 10.2. The first kappa shape index (κ1) is 12.9. The number of aromatic amines is 1. The second-order valence-electron chi connectivity index (χ2n) is 5.06. The van der Waals surface area contributed by atoms with Crippen LogP contribution in [0.25, 0.3) is 16.9 Å². The monoisotopic (exact) mass is 284 g/mol. The highest BCUT2D eigenvalue weighted by molar-refractivity contribution is 7.71. The van der Waals surface area contributed by atoms with Gasteiger partial charge in [-0.25, -0.2) is 4.98 Å². The minimum absolute atomic E-state index is 0.663. The summed E-state index contributed by atoms with van der Waals surface area (Å²) in [6.07, 6.45) is 1.86. The molecule has 0 saturated carbocycles. The number of hydrogen-bond acceptors (Lipinski definition) is 3. The summed E-state index contributed by atoms with van der Waals surface area (Å²) in [6, 6.07) is 10.3. The largest absolute Gasteiger partial charge is 0.378 e. The number of nitrogens with one attached hydrogen (secondary N) is 1. The van der Waals surface area contributed by atoms with Gasteiger partial charge in [0.15, 0.2) is 10.4 Å². The average molecular weight is 284 g/mol. The topological polar surface area (TPSA) is 36.9 Å². The van der Waals surface area contributed by atoms with Gasteiger partial charge < -0.3 is 9.88 Å². The third-order valence-corrected chi connectivity index (χ3v) is 3.57. The van der Waals surface area contributed by atoms with E-state index in [1.165, 1.54) is 0 Å². The molecule has 1 N–H and O–H groups in total. The van der Waals surface area contributed by atoms with Crippen LogP contribution in [0, 0.1) is 11.7 Å². The first-order valence-electron chi connectivity index (χ1n) is 6.41. The van der Waals surface area contributed by atoms with Crippen molar-refractivity contribution in [1.29, 1.82) is 0 Å². The maximum Gasteiger partial charge on any atom is 0.183 e. The molecule has 1 aromatic carbocycles. The normalized spacial score (nSPS) is 10.9. The third-order valence-electron chi connectivity index (χ3n) is 3.28. The van der Waals surface area contributed by atoms with E-state index in [0.717, 1.165) is 28.1 Å². The Kier molecular flexibility index (Phi) is 3.06. The molecule has 0 fully saturated rings. The SMILES string of the molecule is Cc1cnc2c(c1)[nH]c(=S)n2-c1ccc(N(C)C)cc1. The highest BCUT2D eigenvalue weighted by Gasteiger charge is 2.08. The lowest BCUT2D eigenvalue weighted by Crippen LogP contribution is -2.08. The van der Waals surface area contributed by atoms with Crippen LogP contribution in [-0.2, 0) is 0 Å². The van der Waals surface area contributed by atoms with Crippen molar-refractivity contribution >= 4 is 29.1 Å². The Morgan fingerprint density at radius 2 is 1.90 bits per heavy atom. The number of pyridine rings is 1. The zero-order valence-corrected chi connectivity index (χ0v) is 12.5. The smallest absolute Gasteiger partial charge is 0.183 e. The van der Waals surface area contributed by atoms with Crippen LogP contribution in [-0.4, -0.2) is 28.6 Å². The van der Waals surface area contributed by atoms with E-state index in [-0.39, 0.29) is 0 Å². The van der Waals surface area contributed by atoms with Gasteiger partial charge in [0.1, 0.15) is 0 Å². The van der Waals surface area contributed by atoms with Gasteiger partial charge in [0.2, 0.25) is 0 Å². The van der Waals surface area contributed by atoms with Crippen LogP contribution in [0.3, 0.4) is 0 Å². The average Bonchev–Trinajstić information content (AvgIpc) is 2.73. The minimum atomic E-state index is 0.663. The van der Waals surface area contributed by atoms with Gasteiger partial charge in [-0.2, -0.15) is 0 Å². The molecule has 2 heterocycles. The summed E-state index contributed by atoms with van der Waals surface area (Å²) in [5, 5.41) is 0. The van der Waals surface area contributed by atoms with Gasteiger partial charge in [-0.15, -0.1) is 0 Å². The molecule has 2 aromatic heterocycles. The molecule has 0 radical (unpaired) electrons. The highest BCUT2D eigenvalue weighted by atomic mass is 32.1. The van der Waals surface area contributed by atoms with Gasteiger partial charge in [0, 0.05) is 26.0 Å². The molecule has 0 atom stereocenters. The second-order valence-corrected chi connectivity index (χ2v) is 5.45. The Hall–Kier alpha value is -2.14. The van der Waals surface area contributed by atoms with E-state index in [2.05, 4.69) is 45.2 Å². The predicted molar refractivity (Wildman–Crippen MR) is 85.3 cm³/mol. The van der Waals surface area contributed by atoms with E-state index in [0.29, 0.717) is 4.77 Å². The molecule has 0 unspecified atom stereocenters. The fraction of sp³-hybridized carbons (Fsp3) is 0.200. The summed E-state index contributed by atoms with van der Waals surface area (Å²) in [4.78, 5) is 9.77. The van der Waals surface area contributed by atoms with Crippen molar-refractivity contribution < 1.29 is 0 Å². The lowest BCUT2D eigenvalue weighted by Gasteiger charge is -2.13. The number of benzene rings is 1. The summed E-state index contributed by atoms with van der Waals surface area (Å²) in [5.41, 5.74) is 5.11. The molecule has 4 nitrogen and oxygen atoms in total. The molecule has 0 aliphatic heterocycles. The molecule has 0 aliphatic carbocycles. The van der Waals surface area contributed by atoms with Crippen LogP contribution >= 0.6 is 12.2 Å². The molecule has 3 rings (SSSR count). The zero-order valence-electron chi connectivity index (χ0n) is 11.7. The number of aryl methyl sites for hydroxylation is 1. The number of hydrogen-bond donors (Lipinski definition) is 1. The third kappa shape index (κ3) is 2.10. The summed E-state index contributed by atoms with van der Waals surface area (Å²) >= 11 is 5.42. The first-order valence-corrected chi connectivity index (χ1v) is 6.82. The van der Waals surface area contributed by atoms with Gasteiger partial charge in [0.05, 0.1) is 11.2 Å². The van der Waals surface area contributed by atoms with Gasteiger partial charge in [0.25, 0.3) is 0 Å². The van der Waals surface area contributed by atoms with E-state index in [9.17, 15) is 0 Å². The van der Waals surface area contributed by atoms with Crippen molar-refractivity contribution in [3.8, 4) is 5.69 Å². The van der Waals surface area contributed by atoms with Crippen molar-refractivity contribution in [2.45, 2.75) is 6.92 Å². The van der Waals surface area contributed by atoms with Crippen LogP contribution in [0.5, 0.6) is 0 Å². The standard InChI is InChI=1S/C15H16N4S/c1-10-8-13-14(16-9-10)19(15(20)17-13)12-6-4-11(5-7-12)18(2)3/h4-9H,1-3H3,(H,17,20). The molecule has 5 heteroatoms. The molecule has 20 heavy (non-hydrogen) atoms. The summed E-state index contributed by atoms with van der Waals surface area (Å²) in [7, 11) is 4.05. The number of anilines is 1. The van der Waals surface area contributed by atoms with E-state index in [1.54, 1.807) is 0 Å². The van der Waals surface area contributed by atoms with Gasteiger partial charge >= 0.3 is 0 Å². The fourth-order valence-electron chi connectivity index (χ4n) is 2.24. The van der Waals surface area contributed by atoms with Crippen molar-refractivity contribution in [1.82, 2.24) is 14.5 Å². The Balaban J connectivity index is 2.19. The fourth-order valence-corrected chi connectivity index (χ4v) is 2.54. The van der Waals surface area contributed by atoms with Crippen LogP contribution in [0.1, 0.15) is 5.56 Å². The molecule has 102 valence electrons. The van der Waals surface area contributed by atoms with E-state index in [1.807, 2.05) is 31.8 Å². The molecule has 0 amide bonds. The maximum absolute atomic E-state index is 5.42. The quantitative estimate of drug-likeness (QED) is 0.732. The first-order chi connectivity index (χ1) is 9.56. The molecule has 3 aromatic rings. The van der Waals surface area contributed by atoms with Crippen LogP contribution in [0.4, 0.5) is 5.69 Å². The lowest BCUT2D eigenvalue weighted by molar-refractivity contribution is 1.04. The molecule has 0 saturated heterocycles. The van der Waals surface area contributed by atoms with Crippen molar-refractivity contribution in [3.63, 3.8) is 0 Å². The predicted octanol–water partition coefficient (Wildman–Crippen LogP) is 3.46. The number of rotatable bonds is 2. The molecule has 0 spiro atoms.